The standard InChI is InChI=1S/C25H31FN6O2/c1-13-20(26)19(31(4)24(33)14(2)32-5-7-34-8-6-32)10-17-21(13)28-23(27-17)22-16-9-15-11-25(15,3)12-18(16)29-30-22/h10,14-15H,5-9,11-12H2,1-4H3,(H,27,28)(H,29,30)/t14-,15+,25+/m0/s1. The number of carbonyl (C=O) groups is 1. The third kappa shape index (κ3) is 3.28. The van der Waals surface area contributed by atoms with E-state index in [2.05, 4.69) is 27.0 Å². The molecule has 2 N–H and O–H groups in total. The van der Waals surface area contributed by atoms with Gasteiger partial charge in [-0.25, -0.2) is 9.37 Å². The fourth-order valence-electron chi connectivity index (χ4n) is 5.80. The van der Waals surface area contributed by atoms with Crippen molar-refractivity contribution in [3.63, 3.8) is 0 Å². The van der Waals surface area contributed by atoms with Crippen molar-refractivity contribution >= 4 is 22.6 Å². The number of aryl methyl sites for hydroxylation is 1. The third-order valence-electron chi connectivity index (χ3n) is 8.32. The Kier molecular flexibility index (Phi) is 4.87. The number of hydrogen-bond acceptors (Lipinski definition) is 5. The number of H-pyrrole nitrogens is 2. The maximum absolute atomic E-state index is 15.5. The van der Waals surface area contributed by atoms with Gasteiger partial charge in [0.15, 0.2) is 11.6 Å². The SMILES string of the molecule is Cc1c(F)c(N(C)C(=O)[C@H](C)N2CCOCC2)cc2nc(-c3n[nH]c4c3C[C@@H]3C[C@]3(C)C4)[nH]c12. The van der Waals surface area contributed by atoms with Gasteiger partial charge in [0, 0.05) is 37.0 Å². The normalized spacial score (nSPS) is 25.1. The van der Waals surface area contributed by atoms with Crippen LogP contribution in [-0.4, -0.2) is 70.4 Å². The lowest BCUT2D eigenvalue weighted by Crippen LogP contribution is -2.50. The number of anilines is 1. The molecule has 3 atom stereocenters. The molecule has 34 heavy (non-hydrogen) atoms. The zero-order valence-corrected chi connectivity index (χ0v) is 20.2. The third-order valence-corrected chi connectivity index (χ3v) is 8.32. The molecule has 1 aromatic carbocycles. The smallest absolute Gasteiger partial charge is 0.243 e. The number of aromatic amines is 2. The summed E-state index contributed by atoms with van der Waals surface area (Å²) in [6.07, 6.45) is 3.28. The number of imidazole rings is 1. The summed E-state index contributed by atoms with van der Waals surface area (Å²) in [6, 6.07) is 1.31. The summed E-state index contributed by atoms with van der Waals surface area (Å²) in [6.45, 7) is 8.53. The van der Waals surface area contributed by atoms with E-state index in [4.69, 9.17) is 9.72 Å². The molecule has 2 fully saturated rings. The molecule has 6 rings (SSSR count). The van der Waals surface area contributed by atoms with Crippen molar-refractivity contribution in [3.8, 4) is 11.5 Å². The molecule has 0 bridgehead atoms. The zero-order chi connectivity index (χ0) is 23.8. The molecule has 3 heterocycles. The number of nitrogens with zero attached hydrogens (tertiary/aromatic N) is 4. The van der Waals surface area contributed by atoms with Gasteiger partial charge in [-0.3, -0.25) is 14.8 Å². The summed E-state index contributed by atoms with van der Waals surface area (Å²) in [4.78, 5) is 24.8. The first kappa shape index (κ1) is 21.7. The van der Waals surface area contributed by atoms with Gasteiger partial charge in [0.1, 0.15) is 5.69 Å². The number of amides is 1. The second kappa shape index (κ2) is 7.61. The molecule has 0 radical (unpaired) electrons. The van der Waals surface area contributed by atoms with Gasteiger partial charge in [-0.1, -0.05) is 6.92 Å². The van der Waals surface area contributed by atoms with Crippen LogP contribution in [0.25, 0.3) is 22.6 Å². The first-order chi connectivity index (χ1) is 16.3. The van der Waals surface area contributed by atoms with Crippen LogP contribution in [0.5, 0.6) is 0 Å². The number of rotatable bonds is 4. The van der Waals surface area contributed by atoms with Crippen molar-refractivity contribution in [1.82, 2.24) is 25.1 Å². The maximum atomic E-state index is 15.5. The predicted molar refractivity (Wildman–Crippen MR) is 127 cm³/mol. The number of aromatic nitrogens is 4. The number of nitrogens with one attached hydrogen (secondary N) is 2. The minimum Gasteiger partial charge on any atom is -0.379 e. The van der Waals surface area contributed by atoms with E-state index < -0.39 is 5.82 Å². The molecule has 1 amide bonds. The summed E-state index contributed by atoms with van der Waals surface area (Å²) >= 11 is 0. The van der Waals surface area contributed by atoms with E-state index in [0.717, 1.165) is 18.5 Å². The fraction of sp³-hybridized carbons (Fsp3) is 0.560. The average molecular weight is 467 g/mol. The van der Waals surface area contributed by atoms with Crippen LogP contribution in [0.4, 0.5) is 10.1 Å². The molecule has 2 aliphatic carbocycles. The molecule has 1 saturated carbocycles. The first-order valence-electron chi connectivity index (χ1n) is 12.1. The van der Waals surface area contributed by atoms with E-state index in [1.165, 1.54) is 22.6 Å². The lowest BCUT2D eigenvalue weighted by atomic mass is 9.88. The molecule has 2 aromatic heterocycles. The Morgan fingerprint density at radius 1 is 1.38 bits per heavy atom. The molecule has 3 aromatic rings. The Morgan fingerprint density at radius 2 is 2.15 bits per heavy atom. The van der Waals surface area contributed by atoms with Crippen molar-refractivity contribution in [2.75, 3.05) is 38.3 Å². The van der Waals surface area contributed by atoms with Gasteiger partial charge in [0.25, 0.3) is 0 Å². The van der Waals surface area contributed by atoms with E-state index in [9.17, 15) is 4.79 Å². The highest BCUT2D eigenvalue weighted by molar-refractivity contribution is 5.99. The highest BCUT2D eigenvalue weighted by Gasteiger charge is 2.53. The Bertz CT molecular complexity index is 1290. The minimum atomic E-state index is -0.412. The molecule has 3 aliphatic rings. The van der Waals surface area contributed by atoms with Crippen LogP contribution in [0.2, 0.25) is 0 Å². The topological polar surface area (TPSA) is 90.1 Å². The van der Waals surface area contributed by atoms with Crippen molar-refractivity contribution < 1.29 is 13.9 Å². The number of ether oxygens (including phenoxy) is 1. The summed E-state index contributed by atoms with van der Waals surface area (Å²) < 4.78 is 20.9. The number of likely N-dealkylation sites (N-methyl/N-ethyl adjacent to an activating group) is 1. The van der Waals surface area contributed by atoms with E-state index >= 15 is 4.39 Å². The number of morpholine rings is 1. The molecular formula is C25H31FN6O2. The van der Waals surface area contributed by atoms with Crippen LogP contribution in [0.15, 0.2) is 6.07 Å². The van der Waals surface area contributed by atoms with Gasteiger partial charge >= 0.3 is 0 Å². The monoisotopic (exact) mass is 466 g/mol. The van der Waals surface area contributed by atoms with Crippen molar-refractivity contribution in [2.24, 2.45) is 11.3 Å². The van der Waals surface area contributed by atoms with Crippen LogP contribution in [-0.2, 0) is 22.4 Å². The molecule has 9 heteroatoms. The molecular weight excluding hydrogens is 435 g/mol. The number of halogens is 1. The van der Waals surface area contributed by atoms with Gasteiger partial charge in [-0.05, 0) is 50.5 Å². The van der Waals surface area contributed by atoms with Gasteiger partial charge in [-0.2, -0.15) is 5.10 Å². The van der Waals surface area contributed by atoms with Gasteiger partial charge in [0.2, 0.25) is 5.91 Å². The Hall–Kier alpha value is -2.78. The van der Waals surface area contributed by atoms with Crippen LogP contribution >= 0.6 is 0 Å². The van der Waals surface area contributed by atoms with Crippen molar-refractivity contribution in [3.05, 3.63) is 28.7 Å². The van der Waals surface area contributed by atoms with E-state index in [0.29, 0.717) is 60.1 Å². The number of carbonyl (C=O) groups excluding carboxylic acids is 1. The Labute approximate surface area is 197 Å². The summed E-state index contributed by atoms with van der Waals surface area (Å²) in [5.41, 5.74) is 5.62. The second-order valence-corrected chi connectivity index (χ2v) is 10.5. The van der Waals surface area contributed by atoms with Gasteiger partial charge in [0.05, 0.1) is 36.0 Å². The van der Waals surface area contributed by atoms with E-state index in [1.807, 2.05) is 6.92 Å². The van der Waals surface area contributed by atoms with Crippen LogP contribution in [0, 0.1) is 24.1 Å². The average Bonchev–Trinajstić information content (AvgIpc) is 3.13. The molecule has 180 valence electrons. The van der Waals surface area contributed by atoms with Crippen LogP contribution in [0.1, 0.15) is 37.1 Å². The molecule has 0 spiro atoms. The van der Waals surface area contributed by atoms with Gasteiger partial charge < -0.3 is 14.6 Å². The van der Waals surface area contributed by atoms with Crippen LogP contribution < -0.4 is 4.90 Å². The van der Waals surface area contributed by atoms with Crippen molar-refractivity contribution in [1.29, 1.82) is 0 Å². The lowest BCUT2D eigenvalue weighted by molar-refractivity contribution is -0.124. The number of fused-ring (bicyclic) bond motifs is 3. The predicted octanol–water partition coefficient (Wildman–Crippen LogP) is 3.21. The molecule has 1 aliphatic heterocycles. The van der Waals surface area contributed by atoms with Gasteiger partial charge in [-0.15, -0.1) is 0 Å². The highest BCUT2D eigenvalue weighted by atomic mass is 19.1. The summed E-state index contributed by atoms with van der Waals surface area (Å²) in [7, 11) is 1.63. The Morgan fingerprint density at radius 3 is 2.91 bits per heavy atom. The number of hydrogen-bond donors (Lipinski definition) is 2. The summed E-state index contributed by atoms with van der Waals surface area (Å²) in [5, 5.41) is 7.78. The first-order valence-corrected chi connectivity index (χ1v) is 12.1. The van der Waals surface area contributed by atoms with E-state index in [-0.39, 0.29) is 17.6 Å². The highest BCUT2D eigenvalue weighted by Crippen LogP contribution is 2.59. The molecule has 1 saturated heterocycles. The molecule has 0 unspecified atom stereocenters. The zero-order valence-electron chi connectivity index (χ0n) is 20.2. The second-order valence-electron chi connectivity index (χ2n) is 10.5. The largest absolute Gasteiger partial charge is 0.379 e. The minimum absolute atomic E-state index is 0.149. The molecule has 8 nitrogen and oxygen atoms in total. The quantitative estimate of drug-likeness (QED) is 0.616. The maximum Gasteiger partial charge on any atom is 0.243 e. The van der Waals surface area contributed by atoms with Crippen molar-refractivity contribution in [2.45, 2.75) is 46.1 Å². The van der Waals surface area contributed by atoms with E-state index in [1.54, 1.807) is 20.0 Å². The summed E-state index contributed by atoms with van der Waals surface area (Å²) in [5.74, 6) is 0.793. The fourth-order valence-corrected chi connectivity index (χ4v) is 5.80. The van der Waals surface area contributed by atoms with Crippen LogP contribution in [0.3, 0.4) is 0 Å². The Balaban J connectivity index is 1.33. The lowest BCUT2D eigenvalue weighted by Gasteiger charge is -2.33. The number of benzene rings is 1.